The first-order valence-electron chi connectivity index (χ1n) is 3.37. The Hall–Kier alpha value is -1.44. The number of pyridine rings is 1. The van der Waals surface area contributed by atoms with E-state index in [1.807, 2.05) is 19.1 Å². The zero-order valence-electron chi connectivity index (χ0n) is 6.32. The topological polar surface area (TPSA) is 30.0 Å². The highest BCUT2D eigenvalue weighted by Gasteiger charge is 1.86. The van der Waals surface area contributed by atoms with Crippen molar-refractivity contribution in [2.24, 2.45) is 0 Å². The molecule has 11 heavy (non-hydrogen) atoms. The molecule has 56 valence electrons. The summed E-state index contributed by atoms with van der Waals surface area (Å²) in [5, 5.41) is 0. The summed E-state index contributed by atoms with van der Waals surface area (Å²) in [6.45, 7) is 1.91. The van der Waals surface area contributed by atoms with Gasteiger partial charge >= 0.3 is 0 Å². The molecule has 0 aromatic carbocycles. The Labute approximate surface area is 65.6 Å². The van der Waals surface area contributed by atoms with E-state index in [1.54, 1.807) is 12.3 Å². The van der Waals surface area contributed by atoms with Crippen molar-refractivity contribution in [1.82, 2.24) is 4.98 Å². The minimum atomic E-state index is 0.760. The molecular weight excluding hydrogens is 138 g/mol. The van der Waals surface area contributed by atoms with Crippen LogP contribution in [-0.2, 0) is 4.79 Å². The fourth-order valence-corrected chi connectivity index (χ4v) is 0.822. The van der Waals surface area contributed by atoms with E-state index < -0.39 is 0 Å². The molecule has 0 bridgehead atoms. The van der Waals surface area contributed by atoms with E-state index in [4.69, 9.17) is 0 Å². The molecule has 0 saturated heterocycles. The summed E-state index contributed by atoms with van der Waals surface area (Å²) in [5.41, 5.74) is 1.96. The van der Waals surface area contributed by atoms with Crippen molar-refractivity contribution in [1.29, 1.82) is 0 Å². The molecule has 0 radical (unpaired) electrons. The summed E-state index contributed by atoms with van der Waals surface area (Å²) < 4.78 is 0. The maximum Gasteiger partial charge on any atom is 0.142 e. The van der Waals surface area contributed by atoms with Gasteiger partial charge in [-0.2, -0.15) is 0 Å². The molecule has 0 aliphatic heterocycles. The minimum Gasteiger partial charge on any atom is -0.299 e. The zero-order chi connectivity index (χ0) is 8.10. The number of rotatable bonds is 2. The van der Waals surface area contributed by atoms with Gasteiger partial charge in [-0.15, -0.1) is 0 Å². The van der Waals surface area contributed by atoms with Crippen molar-refractivity contribution in [2.75, 3.05) is 0 Å². The lowest BCUT2D eigenvalue weighted by molar-refractivity contribution is -0.104. The lowest BCUT2D eigenvalue weighted by atomic mass is 10.2. The minimum absolute atomic E-state index is 0.760. The van der Waals surface area contributed by atoms with Crippen LogP contribution in [0.15, 0.2) is 24.4 Å². The number of aryl methyl sites for hydroxylation is 1. The first-order chi connectivity index (χ1) is 5.33. The van der Waals surface area contributed by atoms with Gasteiger partial charge in [0.15, 0.2) is 0 Å². The van der Waals surface area contributed by atoms with Crippen molar-refractivity contribution in [3.8, 4) is 0 Å². The van der Waals surface area contributed by atoms with E-state index in [9.17, 15) is 4.79 Å². The van der Waals surface area contributed by atoms with Crippen molar-refractivity contribution in [3.63, 3.8) is 0 Å². The van der Waals surface area contributed by atoms with Gasteiger partial charge in [-0.25, -0.2) is 0 Å². The normalized spacial score (nSPS) is 10.3. The second kappa shape index (κ2) is 3.66. The molecule has 0 saturated carbocycles. The van der Waals surface area contributed by atoms with Gasteiger partial charge in [-0.1, -0.05) is 6.08 Å². The maximum atomic E-state index is 9.96. The number of nitrogens with zero attached hydrogens (tertiary/aromatic N) is 1. The Morgan fingerprint density at radius 3 is 3.00 bits per heavy atom. The van der Waals surface area contributed by atoms with Crippen LogP contribution in [0.4, 0.5) is 0 Å². The summed E-state index contributed by atoms with van der Waals surface area (Å²) in [4.78, 5) is 14.0. The summed E-state index contributed by atoms with van der Waals surface area (Å²) >= 11 is 0. The number of hydrogen-bond acceptors (Lipinski definition) is 2. The predicted octanol–water partition coefficient (Wildman–Crippen LogP) is 1.60. The molecule has 1 rings (SSSR count). The Kier molecular flexibility index (Phi) is 2.55. The van der Waals surface area contributed by atoms with Crippen LogP contribution in [0.3, 0.4) is 0 Å². The van der Waals surface area contributed by atoms with Crippen molar-refractivity contribution < 1.29 is 4.79 Å². The number of allylic oxidation sites excluding steroid dienone is 1. The van der Waals surface area contributed by atoms with Crippen molar-refractivity contribution >= 4 is 12.4 Å². The van der Waals surface area contributed by atoms with E-state index >= 15 is 0 Å². The van der Waals surface area contributed by atoms with E-state index in [2.05, 4.69) is 4.98 Å². The molecule has 0 amide bonds. The lowest BCUT2D eigenvalue weighted by Crippen LogP contribution is -1.79. The van der Waals surface area contributed by atoms with E-state index in [0.717, 1.165) is 17.5 Å². The molecule has 1 heterocycles. The number of carbonyl (C=O) groups excluding carboxylic acids is 1. The highest BCUT2D eigenvalue weighted by molar-refractivity contribution is 5.73. The van der Waals surface area contributed by atoms with Crippen LogP contribution in [0, 0.1) is 6.92 Å². The van der Waals surface area contributed by atoms with Crippen LogP contribution in [0.25, 0.3) is 6.08 Å². The quantitative estimate of drug-likeness (QED) is 0.469. The highest BCUT2D eigenvalue weighted by atomic mass is 16.1. The van der Waals surface area contributed by atoms with Crippen molar-refractivity contribution in [2.45, 2.75) is 6.92 Å². The molecule has 1 aromatic heterocycles. The summed E-state index contributed by atoms with van der Waals surface area (Å²) in [7, 11) is 0. The average molecular weight is 147 g/mol. The Balaban J connectivity index is 2.87. The third-order valence-corrected chi connectivity index (χ3v) is 1.29. The van der Waals surface area contributed by atoms with Crippen LogP contribution in [-0.4, -0.2) is 11.3 Å². The van der Waals surface area contributed by atoms with Crippen LogP contribution in [0.2, 0.25) is 0 Å². The fourth-order valence-electron chi connectivity index (χ4n) is 0.822. The average Bonchev–Trinajstić information content (AvgIpc) is 2.01. The van der Waals surface area contributed by atoms with Gasteiger partial charge in [0.2, 0.25) is 0 Å². The molecule has 0 atom stereocenters. The van der Waals surface area contributed by atoms with E-state index in [1.165, 1.54) is 6.08 Å². The number of aldehydes is 1. The molecule has 0 fully saturated rings. The van der Waals surface area contributed by atoms with Gasteiger partial charge in [0.25, 0.3) is 0 Å². The Morgan fingerprint density at radius 1 is 1.55 bits per heavy atom. The number of aromatic nitrogens is 1. The molecule has 2 heteroatoms. The maximum absolute atomic E-state index is 9.96. The van der Waals surface area contributed by atoms with Gasteiger partial charge in [-0.3, -0.25) is 9.78 Å². The third kappa shape index (κ3) is 2.34. The van der Waals surface area contributed by atoms with E-state index in [-0.39, 0.29) is 0 Å². The molecule has 0 aliphatic rings. The Morgan fingerprint density at radius 2 is 2.36 bits per heavy atom. The van der Waals surface area contributed by atoms with Crippen LogP contribution in [0.5, 0.6) is 0 Å². The van der Waals surface area contributed by atoms with Gasteiger partial charge in [0.05, 0.1) is 0 Å². The molecular formula is C9H9NO. The molecule has 0 spiro atoms. The monoisotopic (exact) mass is 147 g/mol. The van der Waals surface area contributed by atoms with Crippen molar-refractivity contribution in [3.05, 3.63) is 35.7 Å². The summed E-state index contributed by atoms with van der Waals surface area (Å²) in [5.74, 6) is 0. The molecule has 0 aliphatic carbocycles. The van der Waals surface area contributed by atoms with Gasteiger partial charge < -0.3 is 0 Å². The SMILES string of the molecule is Cc1cc(C=CC=O)ccn1. The highest BCUT2D eigenvalue weighted by Crippen LogP contribution is 2.01. The van der Waals surface area contributed by atoms with Gasteiger partial charge in [0.1, 0.15) is 6.29 Å². The smallest absolute Gasteiger partial charge is 0.142 e. The zero-order valence-corrected chi connectivity index (χ0v) is 6.32. The fraction of sp³-hybridized carbons (Fsp3) is 0.111. The van der Waals surface area contributed by atoms with Gasteiger partial charge in [-0.05, 0) is 30.7 Å². The molecule has 0 unspecified atom stereocenters. The van der Waals surface area contributed by atoms with Crippen LogP contribution in [0.1, 0.15) is 11.3 Å². The second-order valence-corrected chi connectivity index (χ2v) is 2.23. The summed E-state index contributed by atoms with van der Waals surface area (Å²) in [6, 6.07) is 3.77. The first-order valence-corrected chi connectivity index (χ1v) is 3.37. The second-order valence-electron chi connectivity index (χ2n) is 2.23. The molecule has 0 N–H and O–H groups in total. The van der Waals surface area contributed by atoms with Crippen LogP contribution >= 0.6 is 0 Å². The Bertz CT molecular complexity index is 279. The van der Waals surface area contributed by atoms with Crippen LogP contribution < -0.4 is 0 Å². The standard InChI is InChI=1S/C9H9NO/c1-8-7-9(3-2-6-11)4-5-10-8/h2-7H,1H3. The number of hydrogen-bond donors (Lipinski definition) is 0. The number of carbonyl (C=O) groups is 1. The third-order valence-electron chi connectivity index (χ3n) is 1.29. The lowest BCUT2D eigenvalue weighted by Gasteiger charge is -1.92. The summed E-state index contributed by atoms with van der Waals surface area (Å²) in [6.07, 6.45) is 5.70. The predicted molar refractivity (Wildman–Crippen MR) is 44.1 cm³/mol. The van der Waals surface area contributed by atoms with E-state index in [0.29, 0.717) is 0 Å². The first kappa shape index (κ1) is 7.66. The van der Waals surface area contributed by atoms with Gasteiger partial charge in [0, 0.05) is 11.9 Å². The molecule has 1 aromatic rings. The largest absolute Gasteiger partial charge is 0.299 e. The molecule has 2 nitrogen and oxygen atoms in total.